The molecule has 0 saturated carbocycles. The van der Waals surface area contributed by atoms with E-state index in [-0.39, 0.29) is 23.5 Å². The van der Waals surface area contributed by atoms with Crippen molar-refractivity contribution in [2.75, 3.05) is 11.5 Å². The summed E-state index contributed by atoms with van der Waals surface area (Å²) in [5.41, 5.74) is -0.160. The fraction of sp³-hybridized carbons (Fsp3) is 0.333. The summed E-state index contributed by atoms with van der Waals surface area (Å²) < 4.78 is 87.9. The van der Waals surface area contributed by atoms with E-state index < -0.39 is 36.7 Å². The van der Waals surface area contributed by atoms with Crippen LogP contribution in [0.15, 0.2) is 29.7 Å². The Morgan fingerprint density at radius 2 is 1.73 bits per heavy atom. The molecule has 0 fully saturated rings. The monoisotopic (exact) mass is 356 g/mol. The summed E-state index contributed by atoms with van der Waals surface area (Å²) >= 11 is 0. The van der Waals surface area contributed by atoms with Gasteiger partial charge in [-0.25, -0.2) is 16.8 Å². The van der Waals surface area contributed by atoms with Crippen LogP contribution in [0.25, 0.3) is 4.91 Å². The lowest BCUT2D eigenvalue weighted by Gasteiger charge is -2.11. The smallest absolute Gasteiger partial charge is 0.406 e. The minimum Gasteiger partial charge on any atom is -0.406 e. The molecule has 0 aromatic heterocycles. The third-order valence-corrected chi connectivity index (χ3v) is 6.27. The van der Waals surface area contributed by atoms with E-state index in [1.54, 1.807) is 0 Å². The number of alkyl halides is 3. The quantitative estimate of drug-likeness (QED) is 0.811. The van der Waals surface area contributed by atoms with E-state index in [1.165, 1.54) is 6.07 Å². The third-order valence-electron chi connectivity index (χ3n) is 2.82. The van der Waals surface area contributed by atoms with Gasteiger partial charge < -0.3 is 4.74 Å². The van der Waals surface area contributed by atoms with Crippen LogP contribution in [0.1, 0.15) is 12.0 Å². The molecule has 0 amide bonds. The third kappa shape index (κ3) is 4.23. The molecule has 2 rings (SSSR count). The Bertz CT molecular complexity index is 807. The molecule has 0 bridgehead atoms. The molecule has 0 unspecified atom stereocenters. The number of hydrogen-bond donors (Lipinski definition) is 0. The first kappa shape index (κ1) is 16.8. The largest absolute Gasteiger partial charge is 0.573 e. The molecule has 1 aliphatic rings. The van der Waals surface area contributed by atoms with Crippen molar-refractivity contribution in [3.63, 3.8) is 0 Å². The van der Waals surface area contributed by atoms with Gasteiger partial charge in [0.15, 0.2) is 19.7 Å². The maximum absolute atomic E-state index is 12.2. The molecule has 1 aromatic rings. The lowest BCUT2D eigenvalue weighted by Crippen LogP contribution is -2.17. The molecule has 0 N–H and O–H groups in total. The second kappa shape index (κ2) is 5.58. The maximum Gasteiger partial charge on any atom is 0.573 e. The molecular weight excluding hydrogens is 345 g/mol. The van der Waals surface area contributed by atoms with Crippen LogP contribution in [0, 0.1) is 0 Å². The highest BCUT2D eigenvalue weighted by Crippen LogP contribution is 2.30. The molecule has 0 saturated heterocycles. The molecule has 122 valence electrons. The van der Waals surface area contributed by atoms with Gasteiger partial charge in [-0.15, -0.1) is 13.2 Å². The van der Waals surface area contributed by atoms with Gasteiger partial charge >= 0.3 is 6.36 Å². The van der Waals surface area contributed by atoms with Gasteiger partial charge in [0.05, 0.1) is 16.4 Å². The Balaban J connectivity index is 2.53. The molecule has 1 aliphatic heterocycles. The number of ether oxygens (including phenoxy) is 1. The van der Waals surface area contributed by atoms with E-state index in [2.05, 4.69) is 4.74 Å². The van der Waals surface area contributed by atoms with Crippen molar-refractivity contribution in [1.29, 1.82) is 0 Å². The fourth-order valence-electron chi connectivity index (χ4n) is 1.95. The highest BCUT2D eigenvalue weighted by Gasteiger charge is 2.32. The molecular formula is C12H11F3O5S2. The maximum atomic E-state index is 12.2. The lowest BCUT2D eigenvalue weighted by atomic mass is 10.2. The van der Waals surface area contributed by atoms with Gasteiger partial charge in [0, 0.05) is 5.41 Å². The number of halogens is 3. The van der Waals surface area contributed by atoms with Crippen LogP contribution in [0.4, 0.5) is 13.2 Å². The van der Waals surface area contributed by atoms with Gasteiger partial charge in [-0.3, -0.25) is 0 Å². The fourth-order valence-corrected chi connectivity index (χ4v) is 5.52. The number of benzene rings is 1. The number of sulfone groups is 2. The molecule has 0 spiro atoms. The molecule has 0 aliphatic carbocycles. The highest BCUT2D eigenvalue weighted by molar-refractivity contribution is 8.03. The predicted octanol–water partition coefficient (Wildman–Crippen LogP) is 2.12. The lowest BCUT2D eigenvalue weighted by molar-refractivity contribution is -0.274. The molecule has 0 atom stereocenters. The van der Waals surface area contributed by atoms with Crippen LogP contribution >= 0.6 is 0 Å². The Hall–Kier alpha value is -1.55. The Labute approximate surface area is 125 Å². The first-order valence-electron chi connectivity index (χ1n) is 6.02. The van der Waals surface area contributed by atoms with E-state index in [0.717, 1.165) is 18.2 Å². The topological polar surface area (TPSA) is 77.5 Å². The summed E-state index contributed by atoms with van der Waals surface area (Å²) in [5.74, 6) is -1.33. The normalized spacial score (nSPS) is 20.8. The van der Waals surface area contributed by atoms with Gasteiger partial charge in [-0.05, 0) is 24.1 Å². The Kier molecular flexibility index (Phi) is 4.26. The van der Waals surface area contributed by atoms with E-state index in [0.29, 0.717) is 5.41 Å². The zero-order valence-electron chi connectivity index (χ0n) is 11.0. The summed E-state index contributed by atoms with van der Waals surface area (Å²) in [5, 5.41) is 0.599. The van der Waals surface area contributed by atoms with E-state index >= 15 is 0 Å². The van der Waals surface area contributed by atoms with Crippen molar-refractivity contribution in [3.8, 4) is 5.75 Å². The van der Waals surface area contributed by atoms with Crippen molar-refractivity contribution in [1.82, 2.24) is 0 Å². The molecule has 5 nitrogen and oxygen atoms in total. The standard InChI is InChI=1S/C12H11F3O5S2/c13-12(14,15)20-10-4-1-3-9(7-10)11-8-21(16,17)5-2-6-22(11,18)19/h1,3-4,7-8H,2,5-6H2. The first-order chi connectivity index (χ1) is 9.99. The minimum atomic E-state index is -4.93. The number of hydrogen-bond acceptors (Lipinski definition) is 5. The summed E-state index contributed by atoms with van der Waals surface area (Å²) in [6, 6.07) is 4.21. The van der Waals surface area contributed by atoms with Crippen LogP contribution in [-0.2, 0) is 19.7 Å². The van der Waals surface area contributed by atoms with Gasteiger partial charge in [0.25, 0.3) is 0 Å². The average molecular weight is 356 g/mol. The Morgan fingerprint density at radius 3 is 2.36 bits per heavy atom. The van der Waals surface area contributed by atoms with Crippen molar-refractivity contribution >= 4 is 24.6 Å². The van der Waals surface area contributed by atoms with Crippen LogP contribution in [0.5, 0.6) is 5.75 Å². The van der Waals surface area contributed by atoms with Crippen LogP contribution < -0.4 is 4.74 Å². The Morgan fingerprint density at radius 1 is 1.05 bits per heavy atom. The summed E-state index contributed by atoms with van der Waals surface area (Å²) in [6.07, 6.45) is -5.00. The van der Waals surface area contributed by atoms with Gasteiger partial charge in [0.2, 0.25) is 0 Å². The minimum absolute atomic E-state index is 0.0661. The summed E-state index contributed by atoms with van der Waals surface area (Å²) in [6.45, 7) is 0. The molecule has 1 aromatic carbocycles. The first-order valence-corrected chi connectivity index (χ1v) is 9.39. The van der Waals surface area contributed by atoms with E-state index in [4.69, 9.17) is 0 Å². The zero-order chi connectivity index (χ0) is 16.6. The second-order valence-corrected chi connectivity index (χ2v) is 8.64. The molecule has 0 radical (unpaired) electrons. The van der Waals surface area contributed by atoms with Crippen molar-refractivity contribution in [2.24, 2.45) is 0 Å². The van der Waals surface area contributed by atoms with Crippen molar-refractivity contribution in [2.45, 2.75) is 12.8 Å². The predicted molar refractivity (Wildman–Crippen MR) is 73.3 cm³/mol. The average Bonchev–Trinajstić information content (AvgIpc) is 2.43. The summed E-state index contributed by atoms with van der Waals surface area (Å²) in [4.78, 5) is -0.516. The van der Waals surface area contributed by atoms with Crippen LogP contribution in [0.3, 0.4) is 0 Å². The van der Waals surface area contributed by atoms with Gasteiger partial charge in [0.1, 0.15) is 5.75 Å². The molecule has 1 heterocycles. The van der Waals surface area contributed by atoms with E-state index in [1.807, 2.05) is 0 Å². The van der Waals surface area contributed by atoms with Crippen molar-refractivity contribution in [3.05, 3.63) is 35.2 Å². The van der Waals surface area contributed by atoms with E-state index in [9.17, 15) is 30.0 Å². The van der Waals surface area contributed by atoms with Crippen molar-refractivity contribution < 1.29 is 34.7 Å². The van der Waals surface area contributed by atoms with Gasteiger partial charge in [-0.1, -0.05) is 12.1 Å². The zero-order valence-corrected chi connectivity index (χ0v) is 12.6. The van der Waals surface area contributed by atoms with Crippen LogP contribution in [0.2, 0.25) is 0 Å². The molecule has 22 heavy (non-hydrogen) atoms. The number of rotatable bonds is 2. The summed E-state index contributed by atoms with van der Waals surface area (Å²) in [7, 11) is -7.64. The van der Waals surface area contributed by atoms with Crippen LogP contribution in [-0.4, -0.2) is 34.7 Å². The highest BCUT2D eigenvalue weighted by atomic mass is 32.2. The van der Waals surface area contributed by atoms with Gasteiger partial charge in [-0.2, -0.15) is 0 Å². The molecule has 10 heteroatoms. The second-order valence-electron chi connectivity index (χ2n) is 4.60. The SMILES string of the molecule is O=S1(=O)C=C(c2cccc(OC(F)(F)F)c2)S(=O)(=O)CCC1.